The molecule has 0 atom stereocenters. The summed E-state index contributed by atoms with van der Waals surface area (Å²) >= 11 is 0. The van der Waals surface area contributed by atoms with Crippen molar-refractivity contribution >= 4 is 17.3 Å². The molecule has 0 spiro atoms. The second-order valence-electron chi connectivity index (χ2n) is 4.93. The van der Waals surface area contributed by atoms with Crippen LogP contribution in [-0.4, -0.2) is 25.5 Å². The van der Waals surface area contributed by atoms with E-state index in [1.807, 2.05) is 4.90 Å². The Kier molecular flexibility index (Phi) is 2.54. The fourth-order valence-corrected chi connectivity index (χ4v) is 2.87. The summed E-state index contributed by atoms with van der Waals surface area (Å²) in [5.41, 5.74) is 3.71. The summed E-state index contributed by atoms with van der Waals surface area (Å²) in [7, 11) is 0. The van der Waals surface area contributed by atoms with Crippen molar-refractivity contribution in [1.29, 1.82) is 0 Å². The number of nitrogens with zero attached hydrogens (tertiary/aromatic N) is 2. The van der Waals surface area contributed by atoms with E-state index in [0.717, 1.165) is 31.7 Å². The molecule has 0 N–H and O–H groups in total. The van der Waals surface area contributed by atoms with Gasteiger partial charge in [0.2, 0.25) is 5.91 Å². The number of carbonyl (C=O) groups is 1. The molecule has 1 saturated heterocycles. The van der Waals surface area contributed by atoms with E-state index in [0.29, 0.717) is 0 Å². The predicted molar refractivity (Wildman–Crippen MR) is 69.6 cm³/mol. The highest BCUT2D eigenvalue weighted by atomic mass is 16.2. The zero-order chi connectivity index (χ0) is 11.8. The van der Waals surface area contributed by atoms with Crippen LogP contribution in [0.1, 0.15) is 25.3 Å². The molecule has 0 bridgehead atoms. The van der Waals surface area contributed by atoms with Crippen LogP contribution in [0.4, 0.5) is 11.4 Å². The minimum Gasteiger partial charge on any atom is -0.371 e. The summed E-state index contributed by atoms with van der Waals surface area (Å²) < 4.78 is 0. The largest absolute Gasteiger partial charge is 0.371 e. The van der Waals surface area contributed by atoms with Crippen LogP contribution in [0.2, 0.25) is 0 Å². The first-order chi connectivity index (χ1) is 8.25. The lowest BCUT2D eigenvalue weighted by Gasteiger charge is -2.21. The molecule has 0 aliphatic carbocycles. The van der Waals surface area contributed by atoms with Crippen LogP contribution in [0.15, 0.2) is 18.2 Å². The highest BCUT2D eigenvalue weighted by molar-refractivity contribution is 5.94. The number of anilines is 2. The van der Waals surface area contributed by atoms with E-state index >= 15 is 0 Å². The maximum absolute atomic E-state index is 11.6. The number of hydrogen-bond acceptors (Lipinski definition) is 2. The fourth-order valence-electron chi connectivity index (χ4n) is 2.87. The van der Waals surface area contributed by atoms with Gasteiger partial charge in [-0.05, 0) is 37.0 Å². The smallest absolute Gasteiger partial charge is 0.223 e. The van der Waals surface area contributed by atoms with Crippen molar-refractivity contribution in [3.05, 3.63) is 23.8 Å². The zero-order valence-electron chi connectivity index (χ0n) is 10.3. The van der Waals surface area contributed by atoms with E-state index in [1.165, 1.54) is 24.1 Å². The summed E-state index contributed by atoms with van der Waals surface area (Å²) in [6.45, 7) is 4.80. The van der Waals surface area contributed by atoms with Crippen molar-refractivity contribution in [1.82, 2.24) is 0 Å². The summed E-state index contributed by atoms with van der Waals surface area (Å²) in [5.74, 6) is 0.155. The molecular weight excluding hydrogens is 212 g/mol. The lowest BCUT2D eigenvalue weighted by atomic mass is 10.1. The van der Waals surface area contributed by atoms with Gasteiger partial charge in [0.25, 0.3) is 0 Å². The second kappa shape index (κ2) is 4.06. The van der Waals surface area contributed by atoms with Gasteiger partial charge in [-0.2, -0.15) is 0 Å². The average molecular weight is 230 g/mol. The highest BCUT2D eigenvalue weighted by Gasteiger charge is 2.23. The number of hydrogen-bond donors (Lipinski definition) is 0. The summed E-state index contributed by atoms with van der Waals surface area (Å²) in [5, 5.41) is 0. The molecule has 90 valence electrons. The molecule has 2 heterocycles. The Labute approximate surface area is 102 Å². The molecule has 0 aromatic heterocycles. The lowest BCUT2D eigenvalue weighted by Crippen LogP contribution is -2.26. The monoisotopic (exact) mass is 230 g/mol. The van der Waals surface area contributed by atoms with Crippen LogP contribution in [0.3, 0.4) is 0 Å². The third kappa shape index (κ3) is 1.79. The SMILES string of the molecule is CC(=O)N1CCc2ccc(N3CCCC3)cc21. The van der Waals surface area contributed by atoms with Crippen LogP contribution in [0, 0.1) is 0 Å². The summed E-state index contributed by atoms with van der Waals surface area (Å²) in [6, 6.07) is 6.58. The van der Waals surface area contributed by atoms with Crippen molar-refractivity contribution in [2.24, 2.45) is 0 Å². The van der Waals surface area contributed by atoms with Crippen LogP contribution in [0.5, 0.6) is 0 Å². The first kappa shape index (κ1) is 10.6. The first-order valence-corrected chi connectivity index (χ1v) is 6.42. The molecule has 0 unspecified atom stereocenters. The van der Waals surface area contributed by atoms with E-state index in [4.69, 9.17) is 0 Å². The van der Waals surface area contributed by atoms with Crippen LogP contribution >= 0.6 is 0 Å². The molecule has 0 radical (unpaired) electrons. The van der Waals surface area contributed by atoms with Crippen LogP contribution < -0.4 is 9.80 Å². The van der Waals surface area contributed by atoms with Gasteiger partial charge in [0.05, 0.1) is 0 Å². The minimum absolute atomic E-state index is 0.155. The van der Waals surface area contributed by atoms with Gasteiger partial charge in [-0.15, -0.1) is 0 Å². The number of benzene rings is 1. The maximum Gasteiger partial charge on any atom is 0.223 e. The van der Waals surface area contributed by atoms with Crippen molar-refractivity contribution in [2.75, 3.05) is 29.4 Å². The normalized spacial score (nSPS) is 18.6. The average Bonchev–Trinajstić information content (AvgIpc) is 2.97. The van der Waals surface area contributed by atoms with Gasteiger partial charge in [0.15, 0.2) is 0 Å². The minimum atomic E-state index is 0.155. The van der Waals surface area contributed by atoms with Crippen molar-refractivity contribution in [3.63, 3.8) is 0 Å². The van der Waals surface area contributed by atoms with Crippen LogP contribution in [-0.2, 0) is 11.2 Å². The van der Waals surface area contributed by atoms with Gasteiger partial charge in [0.1, 0.15) is 0 Å². The molecule has 3 heteroatoms. The Morgan fingerprint density at radius 1 is 1.18 bits per heavy atom. The van der Waals surface area contributed by atoms with Gasteiger partial charge < -0.3 is 9.80 Å². The third-order valence-electron chi connectivity index (χ3n) is 3.82. The van der Waals surface area contributed by atoms with Crippen molar-refractivity contribution in [2.45, 2.75) is 26.2 Å². The van der Waals surface area contributed by atoms with Crippen molar-refractivity contribution < 1.29 is 4.79 Å². The number of fused-ring (bicyclic) bond motifs is 1. The van der Waals surface area contributed by atoms with E-state index in [1.54, 1.807) is 6.92 Å². The molecule has 17 heavy (non-hydrogen) atoms. The summed E-state index contributed by atoms with van der Waals surface area (Å²) in [4.78, 5) is 15.9. The quantitative estimate of drug-likeness (QED) is 0.738. The fraction of sp³-hybridized carbons (Fsp3) is 0.500. The molecule has 1 aromatic carbocycles. The maximum atomic E-state index is 11.6. The molecule has 3 rings (SSSR count). The molecule has 3 nitrogen and oxygen atoms in total. The molecule has 1 fully saturated rings. The van der Waals surface area contributed by atoms with Gasteiger partial charge in [-0.25, -0.2) is 0 Å². The molecule has 2 aliphatic heterocycles. The molecule has 1 aromatic rings. The molecule has 1 amide bonds. The topological polar surface area (TPSA) is 23.6 Å². The molecule has 2 aliphatic rings. The van der Waals surface area contributed by atoms with Gasteiger partial charge >= 0.3 is 0 Å². The Morgan fingerprint density at radius 3 is 2.65 bits per heavy atom. The van der Waals surface area contributed by atoms with E-state index in [2.05, 4.69) is 23.1 Å². The lowest BCUT2D eigenvalue weighted by molar-refractivity contribution is -0.116. The molecular formula is C14H18N2O. The van der Waals surface area contributed by atoms with E-state index < -0.39 is 0 Å². The Morgan fingerprint density at radius 2 is 1.94 bits per heavy atom. The Balaban J connectivity index is 1.94. The second-order valence-corrected chi connectivity index (χ2v) is 4.93. The van der Waals surface area contributed by atoms with Gasteiger partial charge in [0, 0.05) is 37.9 Å². The number of rotatable bonds is 1. The third-order valence-corrected chi connectivity index (χ3v) is 3.82. The van der Waals surface area contributed by atoms with E-state index in [-0.39, 0.29) is 5.91 Å². The number of amides is 1. The standard InChI is InChI=1S/C14H18N2O/c1-11(17)16-9-6-12-4-5-13(10-14(12)16)15-7-2-3-8-15/h4-5,10H,2-3,6-9H2,1H3. The Bertz CT molecular complexity index is 450. The molecule has 0 saturated carbocycles. The summed E-state index contributed by atoms with van der Waals surface area (Å²) in [6.07, 6.45) is 3.57. The predicted octanol–water partition coefficient (Wildman–Crippen LogP) is 2.20. The Hall–Kier alpha value is -1.51. The van der Waals surface area contributed by atoms with Gasteiger partial charge in [-0.3, -0.25) is 4.79 Å². The number of carbonyl (C=O) groups excluding carboxylic acids is 1. The van der Waals surface area contributed by atoms with Crippen LogP contribution in [0.25, 0.3) is 0 Å². The highest BCUT2D eigenvalue weighted by Crippen LogP contribution is 2.33. The zero-order valence-corrected chi connectivity index (χ0v) is 10.3. The van der Waals surface area contributed by atoms with Gasteiger partial charge in [-0.1, -0.05) is 6.07 Å². The van der Waals surface area contributed by atoms with E-state index in [9.17, 15) is 4.79 Å². The first-order valence-electron chi connectivity index (χ1n) is 6.42. The van der Waals surface area contributed by atoms with Crippen molar-refractivity contribution in [3.8, 4) is 0 Å².